The van der Waals surface area contributed by atoms with Crippen LogP contribution in [0.1, 0.15) is 24.2 Å². The molecule has 2 heteroatoms. The molecule has 0 aliphatic heterocycles. The maximum absolute atomic E-state index is 9.96. The third-order valence-corrected chi connectivity index (χ3v) is 3.30. The van der Waals surface area contributed by atoms with Crippen molar-refractivity contribution in [3.63, 3.8) is 0 Å². The second-order valence-electron chi connectivity index (χ2n) is 4.23. The van der Waals surface area contributed by atoms with E-state index in [2.05, 4.69) is 53.2 Å². The predicted octanol–water partition coefficient (Wildman–Crippen LogP) is 3.97. The molecule has 0 bridgehead atoms. The predicted molar refractivity (Wildman–Crippen MR) is 72.0 cm³/mol. The molecule has 2 unspecified atom stereocenters. The monoisotopic (exact) mass is 278 g/mol. The molecule has 0 radical (unpaired) electrons. The number of aryl methyl sites for hydroxylation is 1. The fourth-order valence-electron chi connectivity index (χ4n) is 1.83. The largest absolute Gasteiger partial charge is 0.387 e. The van der Waals surface area contributed by atoms with Crippen LogP contribution < -0.4 is 0 Å². The van der Waals surface area contributed by atoms with E-state index in [1.165, 1.54) is 16.3 Å². The molecule has 0 amide bonds. The standard InChI is InChI=1S/C14H15BrO/c1-9-3-4-12-8-13(14(16)10(2)15)6-5-11(12)7-9/h3-8,10,14,16H,1-2H3. The maximum atomic E-state index is 9.96. The van der Waals surface area contributed by atoms with E-state index in [4.69, 9.17) is 0 Å². The Bertz CT molecular complexity index is 505. The van der Waals surface area contributed by atoms with E-state index in [0.29, 0.717) is 0 Å². The van der Waals surface area contributed by atoms with Crippen LogP contribution in [0.2, 0.25) is 0 Å². The summed E-state index contributed by atoms with van der Waals surface area (Å²) in [4.78, 5) is 0.0652. The first kappa shape index (κ1) is 11.6. The molecule has 0 heterocycles. The quantitative estimate of drug-likeness (QED) is 0.825. The topological polar surface area (TPSA) is 20.2 Å². The zero-order valence-corrected chi connectivity index (χ0v) is 11.0. The molecule has 0 saturated heterocycles. The van der Waals surface area contributed by atoms with Gasteiger partial charge in [0.15, 0.2) is 0 Å². The van der Waals surface area contributed by atoms with E-state index < -0.39 is 6.10 Å². The van der Waals surface area contributed by atoms with Gasteiger partial charge in [0.1, 0.15) is 0 Å². The zero-order chi connectivity index (χ0) is 11.7. The minimum absolute atomic E-state index is 0.0652. The maximum Gasteiger partial charge on any atom is 0.0912 e. The van der Waals surface area contributed by atoms with E-state index in [0.717, 1.165) is 5.56 Å². The van der Waals surface area contributed by atoms with Crippen molar-refractivity contribution in [2.24, 2.45) is 0 Å². The Kier molecular flexibility index (Phi) is 3.31. The summed E-state index contributed by atoms with van der Waals surface area (Å²) in [6, 6.07) is 12.5. The SMILES string of the molecule is Cc1ccc2cc(C(O)C(C)Br)ccc2c1. The highest BCUT2D eigenvalue weighted by molar-refractivity contribution is 9.09. The molecule has 2 aromatic carbocycles. The molecule has 0 aromatic heterocycles. The summed E-state index contributed by atoms with van der Waals surface area (Å²) in [5.41, 5.74) is 2.22. The number of alkyl halides is 1. The number of halogens is 1. The van der Waals surface area contributed by atoms with E-state index in [-0.39, 0.29) is 4.83 Å². The van der Waals surface area contributed by atoms with Gasteiger partial charge < -0.3 is 5.11 Å². The average molecular weight is 279 g/mol. The lowest BCUT2D eigenvalue weighted by Gasteiger charge is -2.14. The van der Waals surface area contributed by atoms with Gasteiger partial charge in [-0.15, -0.1) is 0 Å². The second kappa shape index (κ2) is 4.56. The van der Waals surface area contributed by atoms with Crippen molar-refractivity contribution < 1.29 is 5.11 Å². The van der Waals surface area contributed by atoms with Crippen molar-refractivity contribution in [2.75, 3.05) is 0 Å². The van der Waals surface area contributed by atoms with Crippen LogP contribution in [0.3, 0.4) is 0 Å². The third kappa shape index (κ3) is 2.28. The summed E-state index contributed by atoms with van der Waals surface area (Å²) < 4.78 is 0. The molecule has 0 fully saturated rings. The van der Waals surface area contributed by atoms with Crippen LogP contribution in [0, 0.1) is 6.92 Å². The molecule has 1 N–H and O–H groups in total. The molecule has 16 heavy (non-hydrogen) atoms. The summed E-state index contributed by atoms with van der Waals surface area (Å²) in [7, 11) is 0. The van der Waals surface area contributed by atoms with Gasteiger partial charge in [0.05, 0.1) is 6.10 Å². The molecule has 2 aromatic rings. The van der Waals surface area contributed by atoms with Crippen molar-refractivity contribution in [1.29, 1.82) is 0 Å². The van der Waals surface area contributed by atoms with Crippen molar-refractivity contribution in [1.82, 2.24) is 0 Å². The van der Waals surface area contributed by atoms with Crippen LogP contribution >= 0.6 is 15.9 Å². The fraction of sp³-hybridized carbons (Fsp3) is 0.286. The van der Waals surface area contributed by atoms with Crippen molar-refractivity contribution in [3.8, 4) is 0 Å². The molecule has 2 atom stereocenters. The Labute approximate surface area is 104 Å². The van der Waals surface area contributed by atoms with Gasteiger partial charge in [-0.05, 0) is 36.2 Å². The molecule has 0 spiro atoms. The van der Waals surface area contributed by atoms with E-state index in [9.17, 15) is 5.11 Å². The Balaban J connectivity index is 2.48. The number of rotatable bonds is 2. The van der Waals surface area contributed by atoms with Crippen LogP contribution in [0.25, 0.3) is 10.8 Å². The Morgan fingerprint density at radius 1 is 1.06 bits per heavy atom. The normalized spacial score (nSPS) is 15.0. The number of fused-ring (bicyclic) bond motifs is 1. The Hall–Kier alpha value is -0.860. The van der Waals surface area contributed by atoms with E-state index in [1.54, 1.807) is 0 Å². The summed E-state index contributed by atoms with van der Waals surface area (Å²) >= 11 is 3.40. The number of hydrogen-bond donors (Lipinski definition) is 1. The first-order valence-corrected chi connectivity index (χ1v) is 6.32. The van der Waals surface area contributed by atoms with E-state index >= 15 is 0 Å². The minimum Gasteiger partial charge on any atom is -0.387 e. The van der Waals surface area contributed by atoms with Gasteiger partial charge >= 0.3 is 0 Å². The number of aliphatic hydroxyl groups is 1. The van der Waals surface area contributed by atoms with Crippen molar-refractivity contribution >= 4 is 26.7 Å². The summed E-state index contributed by atoms with van der Waals surface area (Å²) in [5.74, 6) is 0. The highest BCUT2D eigenvalue weighted by Gasteiger charge is 2.13. The zero-order valence-electron chi connectivity index (χ0n) is 9.44. The Morgan fingerprint density at radius 3 is 2.38 bits per heavy atom. The lowest BCUT2D eigenvalue weighted by atomic mass is 10.0. The highest BCUT2D eigenvalue weighted by atomic mass is 79.9. The third-order valence-electron chi connectivity index (χ3n) is 2.80. The van der Waals surface area contributed by atoms with E-state index in [1.807, 2.05) is 13.0 Å². The average Bonchev–Trinajstić information content (AvgIpc) is 2.27. The minimum atomic E-state index is -0.453. The van der Waals surface area contributed by atoms with Gasteiger partial charge in [0, 0.05) is 4.83 Å². The van der Waals surface area contributed by atoms with Gasteiger partial charge in [-0.25, -0.2) is 0 Å². The van der Waals surface area contributed by atoms with Crippen LogP contribution in [0.4, 0.5) is 0 Å². The molecule has 0 aliphatic rings. The van der Waals surface area contributed by atoms with Crippen LogP contribution in [0.5, 0.6) is 0 Å². The number of hydrogen-bond acceptors (Lipinski definition) is 1. The molecule has 2 rings (SSSR count). The summed E-state index contributed by atoms with van der Waals surface area (Å²) in [6.45, 7) is 4.03. The first-order chi connectivity index (χ1) is 7.58. The van der Waals surface area contributed by atoms with Gasteiger partial charge in [-0.3, -0.25) is 0 Å². The fourth-order valence-corrected chi connectivity index (χ4v) is 2.14. The van der Waals surface area contributed by atoms with Gasteiger partial charge in [0.25, 0.3) is 0 Å². The molecule has 84 valence electrons. The Morgan fingerprint density at radius 2 is 1.69 bits per heavy atom. The van der Waals surface area contributed by atoms with Gasteiger partial charge in [-0.2, -0.15) is 0 Å². The summed E-state index contributed by atoms with van der Waals surface area (Å²) in [5, 5.41) is 12.4. The molecule has 0 saturated carbocycles. The lowest BCUT2D eigenvalue weighted by molar-refractivity contribution is 0.181. The highest BCUT2D eigenvalue weighted by Crippen LogP contribution is 2.25. The van der Waals surface area contributed by atoms with Crippen molar-refractivity contribution in [3.05, 3.63) is 47.5 Å². The first-order valence-electron chi connectivity index (χ1n) is 5.40. The number of benzene rings is 2. The molecule has 1 nitrogen and oxygen atoms in total. The van der Waals surface area contributed by atoms with Gasteiger partial charge in [-0.1, -0.05) is 51.8 Å². The van der Waals surface area contributed by atoms with Gasteiger partial charge in [0.2, 0.25) is 0 Å². The van der Waals surface area contributed by atoms with Crippen molar-refractivity contribution in [2.45, 2.75) is 24.8 Å². The summed E-state index contributed by atoms with van der Waals surface area (Å²) in [6.07, 6.45) is -0.453. The van der Waals surface area contributed by atoms with Crippen LogP contribution in [0.15, 0.2) is 36.4 Å². The lowest BCUT2D eigenvalue weighted by Crippen LogP contribution is -2.07. The molecular formula is C14H15BrO. The molecular weight excluding hydrogens is 264 g/mol. The number of aliphatic hydroxyl groups excluding tert-OH is 1. The van der Waals surface area contributed by atoms with Crippen LogP contribution in [-0.4, -0.2) is 9.93 Å². The van der Waals surface area contributed by atoms with Crippen LogP contribution in [-0.2, 0) is 0 Å². The molecule has 0 aliphatic carbocycles. The smallest absolute Gasteiger partial charge is 0.0912 e. The second-order valence-corrected chi connectivity index (χ2v) is 5.68.